The van der Waals surface area contributed by atoms with Crippen molar-refractivity contribution in [3.05, 3.63) is 35.6 Å². The van der Waals surface area contributed by atoms with Gasteiger partial charge >= 0.3 is 6.03 Å². The zero-order chi connectivity index (χ0) is 16.1. The number of halogens is 1. The summed E-state index contributed by atoms with van der Waals surface area (Å²) in [4.78, 5) is 12.3. The van der Waals surface area contributed by atoms with Gasteiger partial charge in [0.25, 0.3) is 0 Å². The van der Waals surface area contributed by atoms with E-state index in [1.807, 2.05) is 0 Å². The van der Waals surface area contributed by atoms with Crippen molar-refractivity contribution >= 4 is 6.03 Å². The molecule has 0 aromatic heterocycles. The fraction of sp³-hybridized carbons (Fsp3) is 0.588. The molecule has 2 aliphatic heterocycles. The van der Waals surface area contributed by atoms with Gasteiger partial charge in [0.15, 0.2) is 0 Å². The van der Waals surface area contributed by atoms with E-state index in [2.05, 4.69) is 10.6 Å². The quantitative estimate of drug-likeness (QED) is 0.895. The molecule has 0 aliphatic carbocycles. The van der Waals surface area contributed by atoms with Crippen LogP contribution in [0.4, 0.5) is 9.18 Å². The third kappa shape index (κ3) is 4.42. The molecule has 0 saturated carbocycles. The largest absolute Gasteiger partial charge is 0.381 e. The number of ether oxygens (including phenoxy) is 2. The SMILES string of the molecule is O=C(NC1CCOCC1)N[C@@H](c1ccc(F)cc1)[C@@H]1CCCO1. The van der Waals surface area contributed by atoms with Gasteiger partial charge in [-0.2, -0.15) is 0 Å². The van der Waals surface area contributed by atoms with Crippen LogP contribution in [0.3, 0.4) is 0 Å². The summed E-state index contributed by atoms with van der Waals surface area (Å²) in [7, 11) is 0. The van der Waals surface area contributed by atoms with E-state index in [1.54, 1.807) is 12.1 Å². The Hall–Kier alpha value is -1.66. The summed E-state index contributed by atoms with van der Waals surface area (Å²) in [5, 5.41) is 6.00. The number of hydrogen-bond acceptors (Lipinski definition) is 3. The second kappa shape index (κ2) is 7.75. The maximum atomic E-state index is 13.2. The monoisotopic (exact) mass is 322 g/mol. The van der Waals surface area contributed by atoms with E-state index in [4.69, 9.17) is 9.47 Å². The molecule has 2 amide bonds. The van der Waals surface area contributed by atoms with Gasteiger partial charge in [-0.3, -0.25) is 0 Å². The molecule has 2 heterocycles. The summed E-state index contributed by atoms with van der Waals surface area (Å²) in [6, 6.07) is 5.90. The lowest BCUT2D eigenvalue weighted by Crippen LogP contribution is -2.47. The predicted octanol–water partition coefficient (Wildman–Crippen LogP) is 2.52. The summed E-state index contributed by atoms with van der Waals surface area (Å²) in [5.74, 6) is -0.286. The number of hydrogen-bond donors (Lipinski definition) is 2. The van der Waals surface area contributed by atoms with Crippen LogP contribution in [0, 0.1) is 5.82 Å². The smallest absolute Gasteiger partial charge is 0.315 e. The standard InChI is InChI=1S/C17H23FN2O3/c18-13-5-3-12(4-6-13)16(15-2-1-9-23-15)20-17(21)19-14-7-10-22-11-8-14/h3-6,14-16H,1-2,7-11H2,(H2,19,20,21)/t15-,16-/m0/s1. The van der Waals surface area contributed by atoms with E-state index < -0.39 is 0 Å². The summed E-state index contributed by atoms with van der Waals surface area (Å²) in [6.45, 7) is 2.06. The summed E-state index contributed by atoms with van der Waals surface area (Å²) < 4.78 is 24.2. The minimum Gasteiger partial charge on any atom is -0.381 e. The molecule has 0 bridgehead atoms. The van der Waals surface area contributed by atoms with Crippen LogP contribution in [-0.2, 0) is 9.47 Å². The molecule has 2 atom stereocenters. The molecule has 23 heavy (non-hydrogen) atoms. The van der Waals surface area contributed by atoms with Gasteiger partial charge in [-0.25, -0.2) is 9.18 Å². The first-order valence-electron chi connectivity index (χ1n) is 8.24. The number of amides is 2. The van der Waals surface area contributed by atoms with Crippen LogP contribution < -0.4 is 10.6 Å². The molecule has 0 unspecified atom stereocenters. The van der Waals surface area contributed by atoms with Crippen LogP contribution in [0.15, 0.2) is 24.3 Å². The van der Waals surface area contributed by atoms with Crippen LogP contribution >= 0.6 is 0 Å². The number of benzene rings is 1. The van der Waals surface area contributed by atoms with Gasteiger partial charge in [-0.1, -0.05) is 12.1 Å². The van der Waals surface area contributed by atoms with Crippen molar-refractivity contribution in [1.29, 1.82) is 0 Å². The molecular weight excluding hydrogens is 299 g/mol. The highest BCUT2D eigenvalue weighted by atomic mass is 19.1. The number of nitrogens with one attached hydrogen (secondary N) is 2. The van der Waals surface area contributed by atoms with Crippen molar-refractivity contribution < 1.29 is 18.7 Å². The lowest BCUT2D eigenvalue weighted by atomic mass is 9.99. The molecule has 0 radical (unpaired) electrons. The minimum atomic E-state index is -0.286. The highest BCUT2D eigenvalue weighted by molar-refractivity contribution is 5.75. The lowest BCUT2D eigenvalue weighted by Gasteiger charge is -2.28. The van der Waals surface area contributed by atoms with Crippen LogP contribution in [-0.4, -0.2) is 38.0 Å². The third-order valence-electron chi connectivity index (χ3n) is 4.41. The van der Waals surface area contributed by atoms with Crippen molar-refractivity contribution in [2.45, 2.75) is 43.9 Å². The molecule has 2 N–H and O–H groups in total. The molecule has 5 nitrogen and oxygen atoms in total. The average Bonchev–Trinajstić information content (AvgIpc) is 3.09. The Morgan fingerprint density at radius 1 is 1.13 bits per heavy atom. The maximum absolute atomic E-state index is 13.2. The number of urea groups is 1. The number of carbonyl (C=O) groups is 1. The van der Waals surface area contributed by atoms with Crippen LogP contribution in [0.1, 0.15) is 37.3 Å². The molecule has 1 aromatic rings. The van der Waals surface area contributed by atoms with Gasteiger partial charge in [-0.15, -0.1) is 0 Å². The molecule has 2 fully saturated rings. The Kier molecular flexibility index (Phi) is 5.46. The molecule has 2 saturated heterocycles. The number of rotatable bonds is 4. The zero-order valence-electron chi connectivity index (χ0n) is 13.1. The Balaban J connectivity index is 1.65. The molecule has 126 valence electrons. The highest BCUT2D eigenvalue weighted by Gasteiger charge is 2.29. The molecule has 0 spiro atoms. The average molecular weight is 322 g/mol. The maximum Gasteiger partial charge on any atom is 0.315 e. The van der Waals surface area contributed by atoms with Crippen molar-refractivity contribution in [1.82, 2.24) is 10.6 Å². The first kappa shape index (κ1) is 16.2. The van der Waals surface area contributed by atoms with E-state index in [0.717, 1.165) is 31.2 Å². The van der Waals surface area contributed by atoms with Gasteiger partial charge in [0, 0.05) is 25.9 Å². The van der Waals surface area contributed by atoms with E-state index in [-0.39, 0.29) is 30.0 Å². The van der Waals surface area contributed by atoms with Gasteiger partial charge in [0.2, 0.25) is 0 Å². The van der Waals surface area contributed by atoms with Crippen LogP contribution in [0.5, 0.6) is 0 Å². The summed E-state index contributed by atoms with van der Waals surface area (Å²) in [5.41, 5.74) is 0.862. The van der Waals surface area contributed by atoms with Gasteiger partial charge in [0.05, 0.1) is 12.1 Å². The number of carbonyl (C=O) groups excluding carboxylic acids is 1. The molecule has 3 rings (SSSR count). The van der Waals surface area contributed by atoms with Crippen LogP contribution in [0.25, 0.3) is 0 Å². The zero-order valence-corrected chi connectivity index (χ0v) is 13.1. The summed E-state index contributed by atoms with van der Waals surface area (Å²) in [6.07, 6.45) is 3.45. The fourth-order valence-corrected chi connectivity index (χ4v) is 3.14. The van der Waals surface area contributed by atoms with E-state index in [0.29, 0.717) is 19.8 Å². The predicted molar refractivity (Wildman–Crippen MR) is 83.6 cm³/mol. The highest BCUT2D eigenvalue weighted by Crippen LogP contribution is 2.27. The minimum absolute atomic E-state index is 0.0686. The Labute approximate surface area is 135 Å². The van der Waals surface area contributed by atoms with Crippen molar-refractivity contribution in [2.24, 2.45) is 0 Å². The van der Waals surface area contributed by atoms with Gasteiger partial charge in [-0.05, 0) is 43.4 Å². The van der Waals surface area contributed by atoms with Crippen molar-refractivity contribution in [3.8, 4) is 0 Å². The van der Waals surface area contributed by atoms with E-state index in [1.165, 1.54) is 12.1 Å². The Bertz CT molecular complexity index is 511. The third-order valence-corrected chi connectivity index (χ3v) is 4.41. The van der Waals surface area contributed by atoms with Crippen molar-refractivity contribution in [3.63, 3.8) is 0 Å². The normalized spacial score (nSPS) is 23.4. The Morgan fingerprint density at radius 3 is 2.52 bits per heavy atom. The lowest BCUT2D eigenvalue weighted by molar-refractivity contribution is 0.0740. The Morgan fingerprint density at radius 2 is 1.87 bits per heavy atom. The topological polar surface area (TPSA) is 59.6 Å². The second-order valence-electron chi connectivity index (χ2n) is 6.09. The second-order valence-corrected chi connectivity index (χ2v) is 6.09. The first-order chi connectivity index (χ1) is 11.2. The fourth-order valence-electron chi connectivity index (χ4n) is 3.14. The molecule has 1 aromatic carbocycles. The van der Waals surface area contributed by atoms with Crippen molar-refractivity contribution in [2.75, 3.05) is 19.8 Å². The van der Waals surface area contributed by atoms with Crippen LogP contribution in [0.2, 0.25) is 0 Å². The van der Waals surface area contributed by atoms with Gasteiger partial charge in [0.1, 0.15) is 5.82 Å². The van der Waals surface area contributed by atoms with Gasteiger partial charge < -0.3 is 20.1 Å². The van der Waals surface area contributed by atoms with E-state index >= 15 is 0 Å². The summed E-state index contributed by atoms with van der Waals surface area (Å²) >= 11 is 0. The first-order valence-corrected chi connectivity index (χ1v) is 8.24. The van der Waals surface area contributed by atoms with E-state index in [9.17, 15) is 9.18 Å². The molecular formula is C17H23FN2O3. The molecule has 6 heteroatoms. The molecule has 2 aliphatic rings.